The van der Waals surface area contributed by atoms with Crippen molar-refractivity contribution in [2.24, 2.45) is 11.8 Å². The summed E-state index contributed by atoms with van der Waals surface area (Å²) in [5.74, 6) is 2.02. The Hall–Kier alpha value is -2.82. The Balaban J connectivity index is 1.28. The smallest absolute Gasteiger partial charge is 0.226 e. The van der Waals surface area contributed by atoms with Crippen molar-refractivity contribution in [1.29, 1.82) is 0 Å². The molecule has 5 rings (SSSR count). The lowest BCUT2D eigenvalue weighted by atomic mass is 9.70. The third-order valence-corrected chi connectivity index (χ3v) is 7.46. The summed E-state index contributed by atoms with van der Waals surface area (Å²) in [5, 5.41) is 0. The van der Waals surface area contributed by atoms with Gasteiger partial charge in [-0.2, -0.15) is 0 Å². The molecular formula is C27H32N2O3. The van der Waals surface area contributed by atoms with Gasteiger partial charge in [0, 0.05) is 31.6 Å². The van der Waals surface area contributed by atoms with E-state index in [1.807, 2.05) is 36.4 Å². The van der Waals surface area contributed by atoms with E-state index >= 15 is 0 Å². The zero-order chi connectivity index (χ0) is 21.9. The molecule has 2 amide bonds. The Morgan fingerprint density at radius 1 is 0.969 bits per heavy atom. The standard InChI is InChI=1S/C27H32N2O3/c30-26(14-15-32-23-10-5-2-6-11-23)28-18-21-17-22(19-28)25(16-20-8-3-1-4-9-20)29-24(21)12-7-13-27(29)31/h1-6,8-11,21-22,24-25H,7,12-19H2/t21-,22+,24+,25+/m1/s1. The fourth-order valence-corrected chi connectivity index (χ4v) is 6.03. The number of carbonyl (C=O) groups excluding carboxylic acids is 2. The summed E-state index contributed by atoms with van der Waals surface area (Å²) in [6.45, 7) is 1.91. The Kier molecular flexibility index (Phi) is 6.15. The molecule has 0 unspecified atom stereocenters. The molecule has 3 saturated heterocycles. The number of nitrogens with zero attached hydrogens (tertiary/aromatic N) is 2. The molecule has 168 valence electrons. The lowest BCUT2D eigenvalue weighted by Gasteiger charge is -2.56. The molecule has 0 spiro atoms. The maximum atomic E-state index is 13.1. The molecule has 2 aromatic carbocycles. The highest BCUT2D eigenvalue weighted by molar-refractivity contribution is 5.79. The Bertz CT molecular complexity index is 932. The van der Waals surface area contributed by atoms with Gasteiger partial charge in [0.2, 0.25) is 11.8 Å². The summed E-state index contributed by atoms with van der Waals surface area (Å²) in [6.07, 6.45) is 5.09. The molecule has 3 aliphatic heterocycles. The van der Waals surface area contributed by atoms with E-state index < -0.39 is 0 Å². The molecule has 0 radical (unpaired) electrons. The fourth-order valence-electron chi connectivity index (χ4n) is 6.03. The largest absolute Gasteiger partial charge is 0.493 e. The normalized spacial score (nSPS) is 27.1. The first-order valence-corrected chi connectivity index (χ1v) is 12.0. The van der Waals surface area contributed by atoms with E-state index in [2.05, 4.69) is 34.1 Å². The third kappa shape index (κ3) is 4.38. The van der Waals surface area contributed by atoms with E-state index in [0.717, 1.165) is 44.5 Å². The van der Waals surface area contributed by atoms with Gasteiger partial charge < -0.3 is 14.5 Å². The zero-order valence-corrected chi connectivity index (χ0v) is 18.6. The molecule has 3 aliphatic rings. The van der Waals surface area contributed by atoms with Crippen LogP contribution in [0, 0.1) is 11.8 Å². The van der Waals surface area contributed by atoms with Crippen molar-refractivity contribution in [3.05, 3.63) is 66.2 Å². The van der Waals surface area contributed by atoms with Gasteiger partial charge in [0.1, 0.15) is 5.75 Å². The van der Waals surface area contributed by atoms with E-state index in [-0.39, 0.29) is 18.0 Å². The minimum Gasteiger partial charge on any atom is -0.493 e. The van der Waals surface area contributed by atoms with Crippen LogP contribution in [0.15, 0.2) is 60.7 Å². The van der Waals surface area contributed by atoms with Crippen LogP contribution in [0.5, 0.6) is 5.75 Å². The van der Waals surface area contributed by atoms with Crippen LogP contribution < -0.4 is 4.74 Å². The Labute approximate surface area is 190 Å². The topological polar surface area (TPSA) is 49.9 Å². The van der Waals surface area contributed by atoms with Gasteiger partial charge in [-0.3, -0.25) is 9.59 Å². The number of hydrogen-bond donors (Lipinski definition) is 0. The Morgan fingerprint density at radius 2 is 1.69 bits per heavy atom. The van der Waals surface area contributed by atoms with Gasteiger partial charge in [-0.25, -0.2) is 0 Å². The number of ether oxygens (including phenoxy) is 1. The first-order chi connectivity index (χ1) is 15.7. The summed E-state index contributed by atoms with van der Waals surface area (Å²) in [4.78, 5) is 30.3. The van der Waals surface area contributed by atoms with Gasteiger partial charge in [-0.15, -0.1) is 0 Å². The predicted octanol–water partition coefficient (Wildman–Crippen LogP) is 3.93. The van der Waals surface area contributed by atoms with E-state index in [1.165, 1.54) is 5.56 Å². The van der Waals surface area contributed by atoms with Gasteiger partial charge in [0.05, 0.1) is 13.0 Å². The van der Waals surface area contributed by atoms with Crippen LogP contribution in [0.1, 0.15) is 37.7 Å². The maximum Gasteiger partial charge on any atom is 0.226 e. The number of hydrogen-bond acceptors (Lipinski definition) is 3. The van der Waals surface area contributed by atoms with Crippen molar-refractivity contribution in [2.45, 2.75) is 50.6 Å². The van der Waals surface area contributed by atoms with Gasteiger partial charge in [0.15, 0.2) is 0 Å². The van der Waals surface area contributed by atoms with Crippen molar-refractivity contribution in [3.8, 4) is 5.75 Å². The number of carbonyl (C=O) groups is 2. The second-order valence-electron chi connectivity index (χ2n) is 9.48. The lowest BCUT2D eigenvalue weighted by Crippen LogP contribution is -2.66. The number of amides is 2. The number of rotatable bonds is 6. The third-order valence-electron chi connectivity index (χ3n) is 7.46. The van der Waals surface area contributed by atoms with Gasteiger partial charge in [-0.1, -0.05) is 48.5 Å². The molecule has 5 nitrogen and oxygen atoms in total. The van der Waals surface area contributed by atoms with E-state index in [0.29, 0.717) is 37.2 Å². The van der Waals surface area contributed by atoms with Gasteiger partial charge in [-0.05, 0) is 55.2 Å². The molecule has 0 aromatic heterocycles. The monoisotopic (exact) mass is 432 g/mol. The van der Waals surface area contributed by atoms with Crippen LogP contribution in [0.4, 0.5) is 0 Å². The number of para-hydroxylation sites is 1. The van der Waals surface area contributed by atoms with Crippen LogP contribution in [0.2, 0.25) is 0 Å². The van der Waals surface area contributed by atoms with Crippen molar-refractivity contribution < 1.29 is 14.3 Å². The maximum absolute atomic E-state index is 13.1. The highest BCUT2D eigenvalue weighted by atomic mass is 16.5. The SMILES string of the molecule is O=C(CCOc1ccccc1)N1C[C@H]2C[C@@H](C1)[C@H](Cc1ccccc1)N1C(=O)CCC[C@@H]21. The van der Waals surface area contributed by atoms with Crippen LogP contribution in [-0.2, 0) is 16.0 Å². The Morgan fingerprint density at radius 3 is 2.47 bits per heavy atom. The number of likely N-dealkylation sites (tertiary alicyclic amines) is 1. The number of piperidine rings is 3. The summed E-state index contributed by atoms with van der Waals surface area (Å²) in [6, 6.07) is 20.6. The summed E-state index contributed by atoms with van der Waals surface area (Å²) >= 11 is 0. The van der Waals surface area contributed by atoms with Crippen LogP contribution in [0.25, 0.3) is 0 Å². The molecule has 2 bridgehead atoms. The number of fused-ring (bicyclic) bond motifs is 4. The molecule has 32 heavy (non-hydrogen) atoms. The van der Waals surface area contributed by atoms with Crippen LogP contribution in [-0.4, -0.2) is 53.4 Å². The quantitative estimate of drug-likeness (QED) is 0.695. The van der Waals surface area contributed by atoms with Crippen LogP contribution in [0.3, 0.4) is 0 Å². The molecule has 0 aliphatic carbocycles. The van der Waals surface area contributed by atoms with Crippen molar-refractivity contribution >= 4 is 11.8 Å². The molecule has 4 atom stereocenters. The van der Waals surface area contributed by atoms with E-state index in [9.17, 15) is 9.59 Å². The average molecular weight is 433 g/mol. The molecule has 3 fully saturated rings. The molecule has 3 heterocycles. The highest BCUT2D eigenvalue weighted by Crippen LogP contribution is 2.42. The predicted molar refractivity (Wildman–Crippen MR) is 123 cm³/mol. The molecule has 2 aromatic rings. The van der Waals surface area contributed by atoms with Gasteiger partial charge in [0.25, 0.3) is 0 Å². The van der Waals surface area contributed by atoms with Crippen molar-refractivity contribution in [1.82, 2.24) is 9.80 Å². The van der Waals surface area contributed by atoms with E-state index in [4.69, 9.17) is 4.74 Å². The molecule has 0 saturated carbocycles. The van der Waals surface area contributed by atoms with E-state index in [1.54, 1.807) is 0 Å². The first-order valence-electron chi connectivity index (χ1n) is 12.0. The average Bonchev–Trinajstić information content (AvgIpc) is 2.83. The zero-order valence-electron chi connectivity index (χ0n) is 18.6. The molecular weight excluding hydrogens is 400 g/mol. The second-order valence-corrected chi connectivity index (χ2v) is 9.48. The second kappa shape index (κ2) is 9.35. The summed E-state index contributed by atoms with van der Waals surface area (Å²) in [5.41, 5.74) is 1.27. The van der Waals surface area contributed by atoms with Crippen molar-refractivity contribution in [2.75, 3.05) is 19.7 Å². The van der Waals surface area contributed by atoms with Crippen LogP contribution >= 0.6 is 0 Å². The highest BCUT2D eigenvalue weighted by Gasteiger charge is 2.49. The molecule has 5 heteroatoms. The minimum atomic E-state index is 0.171. The fraction of sp³-hybridized carbons (Fsp3) is 0.481. The molecule has 0 N–H and O–H groups in total. The summed E-state index contributed by atoms with van der Waals surface area (Å²) in [7, 11) is 0. The van der Waals surface area contributed by atoms with Crippen molar-refractivity contribution in [3.63, 3.8) is 0 Å². The lowest BCUT2D eigenvalue weighted by molar-refractivity contribution is -0.156. The summed E-state index contributed by atoms with van der Waals surface area (Å²) < 4.78 is 5.76. The minimum absolute atomic E-state index is 0.171. The first kappa shape index (κ1) is 21.0. The number of benzene rings is 2. The van der Waals surface area contributed by atoms with Gasteiger partial charge >= 0.3 is 0 Å².